The number of rotatable bonds is 3. The lowest BCUT2D eigenvalue weighted by Gasteiger charge is -2.24. The molecule has 140 valence electrons. The van der Waals surface area contributed by atoms with Crippen molar-refractivity contribution in [3.8, 4) is 0 Å². The first-order chi connectivity index (χ1) is 12.1. The average molecular weight is 364 g/mol. The number of halogens is 2. The van der Waals surface area contributed by atoms with Crippen LogP contribution >= 0.6 is 0 Å². The van der Waals surface area contributed by atoms with Crippen LogP contribution in [0.1, 0.15) is 52.0 Å². The molecule has 1 aromatic rings. The van der Waals surface area contributed by atoms with E-state index in [1.165, 1.54) is 4.90 Å². The van der Waals surface area contributed by atoms with E-state index in [1.54, 1.807) is 20.8 Å². The number of hydrogen-bond acceptors (Lipinski definition) is 4. The highest BCUT2D eigenvalue weighted by Gasteiger charge is 2.50. The zero-order valence-electron chi connectivity index (χ0n) is 15.1. The number of amides is 1. The van der Waals surface area contributed by atoms with Crippen LogP contribution in [0.15, 0.2) is 23.2 Å². The molecule has 1 aliphatic heterocycles. The fourth-order valence-electron chi connectivity index (χ4n) is 3.50. The molecule has 1 spiro atoms. The van der Waals surface area contributed by atoms with Crippen LogP contribution in [-0.2, 0) is 14.3 Å². The van der Waals surface area contributed by atoms with Crippen molar-refractivity contribution in [2.24, 2.45) is 4.99 Å². The Balaban J connectivity index is 1.96. The minimum absolute atomic E-state index is 0.126. The first-order valence-electron chi connectivity index (χ1n) is 8.70. The van der Waals surface area contributed by atoms with Crippen LogP contribution in [0.25, 0.3) is 0 Å². The van der Waals surface area contributed by atoms with Gasteiger partial charge in [-0.1, -0.05) is 12.8 Å². The van der Waals surface area contributed by atoms with Gasteiger partial charge < -0.3 is 4.74 Å². The molecule has 3 rings (SSSR count). The lowest BCUT2D eigenvalue weighted by molar-refractivity contribution is -0.157. The summed E-state index contributed by atoms with van der Waals surface area (Å²) < 4.78 is 32.6. The maximum Gasteiger partial charge on any atom is 0.326 e. The molecule has 2 aliphatic rings. The van der Waals surface area contributed by atoms with Crippen LogP contribution in [0.3, 0.4) is 0 Å². The van der Waals surface area contributed by atoms with Crippen LogP contribution in [-0.4, -0.2) is 40.3 Å². The van der Waals surface area contributed by atoms with Gasteiger partial charge in [-0.25, -0.2) is 8.78 Å². The van der Waals surface area contributed by atoms with Gasteiger partial charge >= 0.3 is 5.97 Å². The Morgan fingerprint density at radius 1 is 1.19 bits per heavy atom. The van der Waals surface area contributed by atoms with E-state index in [9.17, 15) is 18.4 Å². The molecule has 1 saturated carbocycles. The van der Waals surface area contributed by atoms with Crippen molar-refractivity contribution in [1.82, 2.24) is 4.90 Å². The first kappa shape index (κ1) is 18.5. The quantitative estimate of drug-likeness (QED) is 0.774. The number of ether oxygens (including phenoxy) is 1. The third-order valence-electron chi connectivity index (χ3n) is 4.48. The zero-order chi connectivity index (χ0) is 19.1. The molecule has 0 radical (unpaired) electrons. The molecule has 0 aromatic heterocycles. The van der Waals surface area contributed by atoms with Gasteiger partial charge in [-0.05, 0) is 45.7 Å². The Labute approximate surface area is 151 Å². The summed E-state index contributed by atoms with van der Waals surface area (Å²) >= 11 is 0. The van der Waals surface area contributed by atoms with Crippen LogP contribution in [0, 0.1) is 11.6 Å². The SMILES string of the molecule is CC(C)(C)OC(=O)CN1C(=O)C2(CCCC2)N=C1c1cc(F)cc(F)c1. The van der Waals surface area contributed by atoms with Gasteiger partial charge in [-0.2, -0.15) is 0 Å². The predicted molar refractivity (Wildman–Crippen MR) is 91.7 cm³/mol. The second kappa shape index (κ2) is 6.45. The van der Waals surface area contributed by atoms with Crippen molar-refractivity contribution in [3.63, 3.8) is 0 Å². The first-order valence-corrected chi connectivity index (χ1v) is 8.70. The minimum Gasteiger partial charge on any atom is -0.459 e. The highest BCUT2D eigenvalue weighted by molar-refractivity contribution is 6.16. The zero-order valence-corrected chi connectivity index (χ0v) is 15.1. The summed E-state index contributed by atoms with van der Waals surface area (Å²) in [5.74, 6) is -2.30. The van der Waals surface area contributed by atoms with E-state index in [1.807, 2.05) is 0 Å². The minimum atomic E-state index is -0.930. The largest absolute Gasteiger partial charge is 0.459 e. The van der Waals surface area contributed by atoms with E-state index in [0.29, 0.717) is 12.8 Å². The van der Waals surface area contributed by atoms with E-state index < -0.39 is 28.7 Å². The molecule has 26 heavy (non-hydrogen) atoms. The van der Waals surface area contributed by atoms with E-state index in [-0.39, 0.29) is 23.9 Å². The Morgan fingerprint density at radius 3 is 2.31 bits per heavy atom. The molecular formula is C19H22F2N2O3. The molecule has 0 atom stereocenters. The van der Waals surface area contributed by atoms with Crippen molar-refractivity contribution >= 4 is 17.7 Å². The number of hydrogen-bond donors (Lipinski definition) is 0. The highest BCUT2D eigenvalue weighted by Crippen LogP contribution is 2.40. The summed E-state index contributed by atoms with van der Waals surface area (Å²) in [5.41, 5.74) is -1.49. The second-order valence-electron chi connectivity index (χ2n) is 7.81. The lowest BCUT2D eigenvalue weighted by Crippen LogP contribution is -2.45. The standard InChI is InChI=1S/C19H22F2N2O3/c1-18(2,3)26-15(24)11-23-16(12-8-13(20)10-14(21)9-12)22-19(17(23)25)6-4-5-7-19/h8-10H,4-7,11H2,1-3H3. The summed E-state index contributed by atoms with van der Waals surface area (Å²) in [7, 11) is 0. The van der Waals surface area contributed by atoms with E-state index in [0.717, 1.165) is 31.0 Å². The maximum atomic E-state index is 13.7. The predicted octanol–water partition coefficient (Wildman–Crippen LogP) is 3.21. The third kappa shape index (κ3) is 3.61. The van der Waals surface area contributed by atoms with E-state index in [4.69, 9.17) is 4.74 Å². The molecule has 7 heteroatoms. The van der Waals surface area contributed by atoms with Gasteiger partial charge in [0.2, 0.25) is 0 Å². The number of benzene rings is 1. The molecule has 1 aliphatic carbocycles. The lowest BCUT2D eigenvalue weighted by atomic mass is 9.98. The molecule has 1 heterocycles. The number of nitrogens with zero attached hydrogens (tertiary/aromatic N) is 2. The van der Waals surface area contributed by atoms with E-state index in [2.05, 4.69) is 4.99 Å². The van der Waals surface area contributed by atoms with Crippen molar-refractivity contribution in [2.75, 3.05) is 6.54 Å². The Hall–Kier alpha value is -2.31. The summed E-state index contributed by atoms with van der Waals surface area (Å²) in [4.78, 5) is 31.0. The van der Waals surface area contributed by atoms with Crippen LogP contribution in [0.2, 0.25) is 0 Å². The molecule has 0 saturated heterocycles. The maximum absolute atomic E-state index is 13.7. The molecule has 1 aromatic carbocycles. The van der Waals surface area contributed by atoms with Crippen LogP contribution in [0.5, 0.6) is 0 Å². The Bertz CT molecular complexity index is 757. The molecule has 1 fully saturated rings. The summed E-state index contributed by atoms with van der Waals surface area (Å²) in [5, 5.41) is 0. The van der Waals surface area contributed by atoms with Crippen molar-refractivity contribution < 1.29 is 23.1 Å². The summed E-state index contributed by atoms with van der Waals surface area (Å²) in [6, 6.07) is 2.99. The van der Waals surface area contributed by atoms with E-state index >= 15 is 0 Å². The topological polar surface area (TPSA) is 59.0 Å². The highest BCUT2D eigenvalue weighted by atomic mass is 19.1. The van der Waals surface area contributed by atoms with Gasteiger partial charge in [0.05, 0.1) is 0 Å². The average Bonchev–Trinajstić information content (AvgIpc) is 3.06. The molecule has 0 N–H and O–H groups in total. The molecular weight excluding hydrogens is 342 g/mol. The van der Waals surface area contributed by atoms with Gasteiger partial charge in [0, 0.05) is 11.6 Å². The van der Waals surface area contributed by atoms with Gasteiger partial charge in [0.15, 0.2) is 0 Å². The number of carbonyl (C=O) groups is 2. The number of carbonyl (C=O) groups excluding carboxylic acids is 2. The second-order valence-corrected chi connectivity index (χ2v) is 7.81. The number of esters is 1. The van der Waals surface area contributed by atoms with Gasteiger partial charge in [-0.15, -0.1) is 0 Å². The molecule has 0 bridgehead atoms. The fourth-order valence-corrected chi connectivity index (χ4v) is 3.50. The summed E-state index contributed by atoms with van der Waals surface area (Å²) in [6.07, 6.45) is 2.83. The van der Waals surface area contributed by atoms with Gasteiger partial charge in [-0.3, -0.25) is 19.5 Å². The number of aliphatic imine (C=N–C) groups is 1. The van der Waals surface area contributed by atoms with Crippen molar-refractivity contribution in [1.29, 1.82) is 0 Å². The fraction of sp³-hybridized carbons (Fsp3) is 0.526. The van der Waals surface area contributed by atoms with Gasteiger partial charge in [0.1, 0.15) is 35.2 Å². The molecule has 5 nitrogen and oxygen atoms in total. The Morgan fingerprint density at radius 2 is 1.77 bits per heavy atom. The third-order valence-corrected chi connectivity index (χ3v) is 4.48. The Kier molecular flexibility index (Phi) is 4.58. The van der Waals surface area contributed by atoms with Crippen molar-refractivity contribution in [3.05, 3.63) is 35.4 Å². The molecule has 0 unspecified atom stereocenters. The van der Waals surface area contributed by atoms with Crippen LogP contribution < -0.4 is 0 Å². The normalized spacial score (nSPS) is 19.2. The monoisotopic (exact) mass is 364 g/mol. The smallest absolute Gasteiger partial charge is 0.326 e. The van der Waals surface area contributed by atoms with Crippen molar-refractivity contribution in [2.45, 2.75) is 57.6 Å². The molecule has 1 amide bonds. The number of amidine groups is 1. The summed E-state index contributed by atoms with van der Waals surface area (Å²) in [6.45, 7) is 4.85. The van der Waals surface area contributed by atoms with Crippen LogP contribution in [0.4, 0.5) is 8.78 Å². The van der Waals surface area contributed by atoms with Gasteiger partial charge in [0.25, 0.3) is 5.91 Å².